The zero-order valence-corrected chi connectivity index (χ0v) is 7.84. The van der Waals surface area contributed by atoms with Crippen molar-refractivity contribution < 1.29 is 0 Å². The van der Waals surface area contributed by atoms with E-state index >= 15 is 0 Å². The Morgan fingerprint density at radius 3 is 2.64 bits per heavy atom. The summed E-state index contributed by atoms with van der Waals surface area (Å²) in [6, 6.07) is 0. The van der Waals surface area contributed by atoms with Gasteiger partial charge in [0.2, 0.25) is 0 Å². The summed E-state index contributed by atoms with van der Waals surface area (Å²) >= 11 is 4.74. The van der Waals surface area contributed by atoms with Crippen molar-refractivity contribution in [2.75, 3.05) is 6.54 Å². The molecule has 2 nitrogen and oxygen atoms in total. The topological polar surface area (TPSA) is 38.0 Å². The van der Waals surface area contributed by atoms with E-state index in [2.05, 4.69) is 12.2 Å². The van der Waals surface area contributed by atoms with E-state index in [1.54, 1.807) is 0 Å². The van der Waals surface area contributed by atoms with E-state index in [1.165, 1.54) is 25.7 Å². The molecule has 0 aromatic carbocycles. The van der Waals surface area contributed by atoms with Gasteiger partial charge in [-0.25, -0.2) is 0 Å². The second-order valence-electron chi connectivity index (χ2n) is 3.47. The summed E-state index contributed by atoms with van der Waals surface area (Å²) in [5, 5.41) is 3.48. The Bertz CT molecular complexity index is 152. The zero-order valence-electron chi connectivity index (χ0n) is 7.02. The lowest BCUT2D eigenvalue weighted by Crippen LogP contribution is -2.34. The van der Waals surface area contributed by atoms with E-state index in [0.717, 1.165) is 6.54 Å². The van der Waals surface area contributed by atoms with E-state index in [1.807, 2.05) is 0 Å². The van der Waals surface area contributed by atoms with Crippen molar-refractivity contribution in [3.63, 3.8) is 0 Å². The maximum atomic E-state index is 5.34. The minimum Gasteiger partial charge on any atom is -0.376 e. The number of nitrogens with one attached hydrogen (secondary N) is 1. The van der Waals surface area contributed by atoms with E-state index in [9.17, 15) is 0 Å². The number of hydrogen-bond acceptors (Lipinski definition) is 1. The molecule has 1 aliphatic rings. The van der Waals surface area contributed by atoms with Gasteiger partial charge in [-0.2, -0.15) is 0 Å². The molecule has 1 aliphatic carbocycles. The van der Waals surface area contributed by atoms with Crippen molar-refractivity contribution in [1.82, 2.24) is 5.32 Å². The van der Waals surface area contributed by atoms with Gasteiger partial charge in [-0.1, -0.05) is 13.3 Å². The Morgan fingerprint density at radius 1 is 1.64 bits per heavy atom. The lowest BCUT2D eigenvalue weighted by atomic mass is 10.0. The molecule has 3 heteroatoms. The quantitative estimate of drug-likeness (QED) is 0.630. The van der Waals surface area contributed by atoms with Crippen LogP contribution >= 0.6 is 12.2 Å². The zero-order chi connectivity index (χ0) is 8.32. The Balaban J connectivity index is 2.19. The van der Waals surface area contributed by atoms with Crippen LogP contribution in [-0.4, -0.2) is 11.7 Å². The first-order valence-corrected chi connectivity index (χ1v) is 4.63. The second-order valence-corrected chi connectivity index (χ2v) is 3.91. The van der Waals surface area contributed by atoms with Gasteiger partial charge >= 0.3 is 0 Å². The van der Waals surface area contributed by atoms with E-state index in [0.29, 0.717) is 10.5 Å². The molecule has 0 aromatic rings. The molecular weight excluding hydrogens is 156 g/mol. The standard InChI is InChI=1S/C8H16N2S/c1-2-3-8(4-5-8)6-10-7(9)11/h2-6H2,1H3,(H3,9,10,11). The van der Waals surface area contributed by atoms with Gasteiger partial charge in [0.05, 0.1) is 0 Å². The van der Waals surface area contributed by atoms with Crippen molar-refractivity contribution in [3.05, 3.63) is 0 Å². The Labute approximate surface area is 73.5 Å². The van der Waals surface area contributed by atoms with Gasteiger partial charge in [0.15, 0.2) is 5.11 Å². The monoisotopic (exact) mass is 172 g/mol. The fraction of sp³-hybridized carbons (Fsp3) is 0.875. The lowest BCUT2D eigenvalue weighted by molar-refractivity contribution is 0.453. The highest BCUT2D eigenvalue weighted by Gasteiger charge is 2.40. The molecule has 1 fully saturated rings. The van der Waals surface area contributed by atoms with Crippen LogP contribution in [0.3, 0.4) is 0 Å². The predicted molar refractivity (Wildman–Crippen MR) is 51.4 cm³/mol. The van der Waals surface area contributed by atoms with Gasteiger partial charge in [-0.3, -0.25) is 0 Å². The van der Waals surface area contributed by atoms with Crippen LogP contribution in [0.25, 0.3) is 0 Å². The van der Waals surface area contributed by atoms with Crippen LogP contribution in [0.2, 0.25) is 0 Å². The number of hydrogen-bond donors (Lipinski definition) is 2. The highest BCUT2D eigenvalue weighted by atomic mass is 32.1. The first-order valence-electron chi connectivity index (χ1n) is 4.22. The molecular formula is C8H16N2S. The summed E-state index contributed by atoms with van der Waals surface area (Å²) in [5.74, 6) is 0. The molecule has 0 atom stereocenters. The molecule has 0 heterocycles. The van der Waals surface area contributed by atoms with Crippen LogP contribution in [0.15, 0.2) is 0 Å². The molecule has 0 amide bonds. The molecule has 0 aliphatic heterocycles. The van der Waals surface area contributed by atoms with Crippen molar-refractivity contribution >= 4 is 17.3 Å². The maximum absolute atomic E-state index is 5.34. The van der Waals surface area contributed by atoms with Crippen LogP contribution in [0.4, 0.5) is 0 Å². The normalized spacial score (nSPS) is 19.4. The van der Waals surface area contributed by atoms with Gasteiger partial charge in [0.1, 0.15) is 0 Å². The van der Waals surface area contributed by atoms with Gasteiger partial charge in [-0.05, 0) is 36.9 Å². The van der Waals surface area contributed by atoms with Crippen LogP contribution in [-0.2, 0) is 0 Å². The third-order valence-corrected chi connectivity index (χ3v) is 2.52. The summed E-state index contributed by atoms with van der Waals surface area (Å²) in [7, 11) is 0. The molecule has 0 spiro atoms. The van der Waals surface area contributed by atoms with Crippen LogP contribution in [0, 0.1) is 5.41 Å². The number of thiocarbonyl (C=S) groups is 1. The number of rotatable bonds is 4. The highest BCUT2D eigenvalue weighted by molar-refractivity contribution is 7.80. The molecule has 3 N–H and O–H groups in total. The largest absolute Gasteiger partial charge is 0.376 e. The Hall–Kier alpha value is -0.310. The van der Waals surface area contributed by atoms with E-state index in [-0.39, 0.29) is 0 Å². The van der Waals surface area contributed by atoms with Crippen molar-refractivity contribution in [1.29, 1.82) is 0 Å². The van der Waals surface area contributed by atoms with Crippen molar-refractivity contribution in [2.45, 2.75) is 32.6 Å². The van der Waals surface area contributed by atoms with Gasteiger partial charge in [0, 0.05) is 6.54 Å². The molecule has 11 heavy (non-hydrogen) atoms. The third kappa shape index (κ3) is 2.66. The van der Waals surface area contributed by atoms with Gasteiger partial charge < -0.3 is 11.1 Å². The molecule has 0 unspecified atom stereocenters. The molecule has 0 saturated heterocycles. The van der Waals surface area contributed by atoms with Crippen LogP contribution in [0.5, 0.6) is 0 Å². The van der Waals surface area contributed by atoms with E-state index < -0.39 is 0 Å². The van der Waals surface area contributed by atoms with E-state index in [4.69, 9.17) is 18.0 Å². The van der Waals surface area contributed by atoms with Crippen LogP contribution < -0.4 is 11.1 Å². The third-order valence-electron chi connectivity index (χ3n) is 2.38. The van der Waals surface area contributed by atoms with Crippen molar-refractivity contribution in [2.24, 2.45) is 11.1 Å². The Morgan fingerprint density at radius 2 is 2.27 bits per heavy atom. The Kier molecular flexibility index (Phi) is 2.71. The molecule has 0 bridgehead atoms. The first-order chi connectivity index (χ1) is 5.18. The molecule has 1 rings (SSSR count). The fourth-order valence-electron chi connectivity index (χ4n) is 1.50. The average Bonchev–Trinajstić information content (AvgIpc) is 2.67. The van der Waals surface area contributed by atoms with Crippen molar-refractivity contribution in [3.8, 4) is 0 Å². The molecule has 64 valence electrons. The minimum atomic E-state index is 0.437. The minimum absolute atomic E-state index is 0.437. The molecule has 1 saturated carbocycles. The van der Waals surface area contributed by atoms with Gasteiger partial charge in [0.25, 0.3) is 0 Å². The molecule has 0 radical (unpaired) electrons. The molecule has 0 aromatic heterocycles. The lowest BCUT2D eigenvalue weighted by Gasteiger charge is -2.14. The van der Waals surface area contributed by atoms with Crippen LogP contribution in [0.1, 0.15) is 32.6 Å². The summed E-state index contributed by atoms with van der Waals surface area (Å²) < 4.78 is 0. The van der Waals surface area contributed by atoms with Gasteiger partial charge in [-0.15, -0.1) is 0 Å². The smallest absolute Gasteiger partial charge is 0.163 e. The average molecular weight is 172 g/mol. The SMILES string of the molecule is CCCC1(CNC(N)=S)CC1. The summed E-state index contributed by atoms with van der Waals surface area (Å²) in [6.07, 6.45) is 5.26. The summed E-state index contributed by atoms with van der Waals surface area (Å²) in [4.78, 5) is 0. The summed E-state index contributed by atoms with van der Waals surface area (Å²) in [5.41, 5.74) is 5.90. The second kappa shape index (κ2) is 3.39. The number of nitrogens with two attached hydrogens (primary N) is 1. The maximum Gasteiger partial charge on any atom is 0.163 e. The summed E-state index contributed by atoms with van der Waals surface area (Å²) in [6.45, 7) is 3.21. The highest BCUT2D eigenvalue weighted by Crippen LogP contribution is 2.48. The fourth-order valence-corrected chi connectivity index (χ4v) is 1.57. The predicted octanol–water partition coefficient (Wildman–Crippen LogP) is 1.40. The first kappa shape index (κ1) is 8.78.